The van der Waals surface area contributed by atoms with Crippen molar-refractivity contribution in [3.05, 3.63) is 35.1 Å². The second-order valence-corrected chi connectivity index (χ2v) is 4.08. The zero-order chi connectivity index (χ0) is 13.0. The molecular formula is C14H12FNO2. The van der Waals surface area contributed by atoms with Gasteiger partial charge in [-0.15, -0.1) is 0 Å². The van der Waals surface area contributed by atoms with Crippen molar-refractivity contribution in [2.24, 2.45) is 0 Å². The molecule has 1 heterocycles. The standard InChI is InChI=1S/C14H12FNO2/c15-13-6-5-11(10-17)9-12(13)3-1-7-16-8-2-4-14(16)18/h5-6,9-10H,2,4,7-8H2. The van der Waals surface area contributed by atoms with E-state index in [4.69, 9.17) is 0 Å². The number of hydrogen-bond donors (Lipinski definition) is 0. The summed E-state index contributed by atoms with van der Waals surface area (Å²) in [5.41, 5.74) is 0.573. The first-order valence-electron chi connectivity index (χ1n) is 5.72. The van der Waals surface area contributed by atoms with Crippen LogP contribution in [-0.4, -0.2) is 30.2 Å². The molecule has 0 saturated carbocycles. The molecule has 2 rings (SSSR count). The Balaban J connectivity index is 2.09. The molecule has 92 valence electrons. The van der Waals surface area contributed by atoms with Gasteiger partial charge in [-0.05, 0) is 24.6 Å². The van der Waals surface area contributed by atoms with Gasteiger partial charge in [-0.3, -0.25) is 9.59 Å². The number of halogens is 1. The fraction of sp³-hybridized carbons (Fsp3) is 0.286. The van der Waals surface area contributed by atoms with Gasteiger partial charge in [-0.1, -0.05) is 11.8 Å². The summed E-state index contributed by atoms with van der Waals surface area (Å²) in [6.45, 7) is 1.02. The molecule has 0 spiro atoms. The van der Waals surface area contributed by atoms with E-state index in [-0.39, 0.29) is 11.5 Å². The highest BCUT2D eigenvalue weighted by Crippen LogP contribution is 2.09. The molecule has 1 aromatic carbocycles. The monoisotopic (exact) mass is 245 g/mol. The van der Waals surface area contributed by atoms with Crippen molar-refractivity contribution < 1.29 is 14.0 Å². The third kappa shape index (κ3) is 2.75. The van der Waals surface area contributed by atoms with Gasteiger partial charge in [-0.2, -0.15) is 0 Å². The molecule has 1 fully saturated rings. The van der Waals surface area contributed by atoms with Crippen molar-refractivity contribution in [2.45, 2.75) is 12.8 Å². The molecule has 0 radical (unpaired) electrons. The number of likely N-dealkylation sites (tertiary alicyclic amines) is 1. The van der Waals surface area contributed by atoms with E-state index >= 15 is 0 Å². The van der Waals surface area contributed by atoms with Crippen molar-refractivity contribution in [2.75, 3.05) is 13.1 Å². The van der Waals surface area contributed by atoms with Crippen molar-refractivity contribution in [3.8, 4) is 11.8 Å². The Morgan fingerprint density at radius 2 is 2.28 bits per heavy atom. The number of aldehydes is 1. The Morgan fingerprint density at radius 1 is 1.44 bits per heavy atom. The lowest BCUT2D eigenvalue weighted by Gasteiger charge is -2.09. The molecule has 0 unspecified atom stereocenters. The van der Waals surface area contributed by atoms with Gasteiger partial charge in [-0.25, -0.2) is 4.39 Å². The molecule has 1 saturated heterocycles. The first-order chi connectivity index (χ1) is 8.70. The molecule has 18 heavy (non-hydrogen) atoms. The number of carbonyl (C=O) groups excluding carboxylic acids is 2. The highest BCUT2D eigenvalue weighted by Gasteiger charge is 2.18. The van der Waals surface area contributed by atoms with Crippen LogP contribution in [0, 0.1) is 17.7 Å². The lowest BCUT2D eigenvalue weighted by molar-refractivity contribution is -0.127. The summed E-state index contributed by atoms with van der Waals surface area (Å²) in [6, 6.07) is 4.02. The van der Waals surface area contributed by atoms with E-state index in [2.05, 4.69) is 11.8 Å². The number of amides is 1. The minimum atomic E-state index is -0.458. The maximum Gasteiger partial charge on any atom is 0.223 e. The Morgan fingerprint density at radius 3 is 2.94 bits per heavy atom. The van der Waals surface area contributed by atoms with Crippen LogP contribution in [0.2, 0.25) is 0 Å². The zero-order valence-electron chi connectivity index (χ0n) is 9.78. The Bertz CT molecular complexity index is 542. The van der Waals surface area contributed by atoms with E-state index in [1.165, 1.54) is 18.2 Å². The van der Waals surface area contributed by atoms with Crippen molar-refractivity contribution in [3.63, 3.8) is 0 Å². The predicted octanol–water partition coefficient (Wildman–Crippen LogP) is 1.61. The van der Waals surface area contributed by atoms with Gasteiger partial charge in [0, 0.05) is 18.5 Å². The maximum absolute atomic E-state index is 13.4. The lowest BCUT2D eigenvalue weighted by Crippen LogP contribution is -2.24. The largest absolute Gasteiger partial charge is 0.332 e. The highest BCUT2D eigenvalue weighted by atomic mass is 19.1. The second kappa shape index (κ2) is 5.46. The second-order valence-electron chi connectivity index (χ2n) is 4.08. The first kappa shape index (κ1) is 12.3. The summed E-state index contributed by atoms with van der Waals surface area (Å²) in [5, 5.41) is 0. The van der Waals surface area contributed by atoms with Gasteiger partial charge in [0.25, 0.3) is 0 Å². The summed E-state index contributed by atoms with van der Waals surface area (Å²) in [4.78, 5) is 23.5. The van der Waals surface area contributed by atoms with Crippen molar-refractivity contribution in [1.29, 1.82) is 0 Å². The molecule has 3 nitrogen and oxygen atoms in total. The van der Waals surface area contributed by atoms with Crippen LogP contribution in [0.3, 0.4) is 0 Å². The molecule has 1 aliphatic rings. The van der Waals surface area contributed by atoms with Crippen LogP contribution < -0.4 is 0 Å². The number of rotatable bonds is 2. The van der Waals surface area contributed by atoms with E-state index in [9.17, 15) is 14.0 Å². The highest BCUT2D eigenvalue weighted by molar-refractivity contribution is 5.78. The molecule has 0 atom stereocenters. The van der Waals surface area contributed by atoms with E-state index in [1.54, 1.807) is 4.90 Å². The topological polar surface area (TPSA) is 37.4 Å². The Labute approximate surface area is 105 Å². The normalized spacial score (nSPS) is 14.3. The third-order valence-electron chi connectivity index (χ3n) is 2.79. The van der Waals surface area contributed by atoms with Crippen LogP contribution in [0.15, 0.2) is 18.2 Å². The van der Waals surface area contributed by atoms with E-state index < -0.39 is 5.82 Å². The summed E-state index contributed by atoms with van der Waals surface area (Å²) >= 11 is 0. The Kier molecular flexibility index (Phi) is 3.73. The van der Waals surface area contributed by atoms with E-state index in [0.29, 0.717) is 31.4 Å². The van der Waals surface area contributed by atoms with E-state index in [1.807, 2.05) is 0 Å². The van der Waals surface area contributed by atoms with Crippen LogP contribution in [0.4, 0.5) is 4.39 Å². The SMILES string of the molecule is O=Cc1ccc(F)c(C#CCN2CCCC2=O)c1. The smallest absolute Gasteiger partial charge is 0.223 e. The zero-order valence-corrected chi connectivity index (χ0v) is 9.78. The van der Waals surface area contributed by atoms with Crippen LogP contribution >= 0.6 is 0 Å². The number of hydrogen-bond acceptors (Lipinski definition) is 2. The lowest BCUT2D eigenvalue weighted by atomic mass is 10.1. The molecule has 1 amide bonds. The summed E-state index contributed by atoms with van der Waals surface area (Å²) < 4.78 is 13.4. The van der Waals surface area contributed by atoms with Crippen LogP contribution in [-0.2, 0) is 4.79 Å². The van der Waals surface area contributed by atoms with Crippen molar-refractivity contribution in [1.82, 2.24) is 4.90 Å². The molecule has 0 N–H and O–H groups in total. The number of nitrogens with zero attached hydrogens (tertiary/aromatic N) is 1. The molecular weight excluding hydrogens is 233 g/mol. The minimum absolute atomic E-state index is 0.0893. The quantitative estimate of drug-likeness (QED) is 0.586. The van der Waals surface area contributed by atoms with Gasteiger partial charge in [0.1, 0.15) is 12.1 Å². The van der Waals surface area contributed by atoms with Crippen LogP contribution in [0.1, 0.15) is 28.8 Å². The average molecular weight is 245 g/mol. The Hall–Kier alpha value is -2.15. The maximum atomic E-state index is 13.4. The third-order valence-corrected chi connectivity index (χ3v) is 2.79. The molecule has 0 aliphatic carbocycles. The molecule has 4 heteroatoms. The van der Waals surface area contributed by atoms with Gasteiger partial charge in [0.15, 0.2) is 0 Å². The number of benzene rings is 1. The molecule has 0 bridgehead atoms. The number of carbonyl (C=O) groups is 2. The predicted molar refractivity (Wildman–Crippen MR) is 64.5 cm³/mol. The molecule has 1 aliphatic heterocycles. The first-order valence-corrected chi connectivity index (χ1v) is 5.72. The van der Waals surface area contributed by atoms with Crippen LogP contribution in [0.5, 0.6) is 0 Å². The fourth-order valence-electron chi connectivity index (χ4n) is 1.81. The fourth-order valence-corrected chi connectivity index (χ4v) is 1.81. The van der Waals surface area contributed by atoms with Gasteiger partial charge in [0.2, 0.25) is 5.91 Å². The van der Waals surface area contributed by atoms with Gasteiger partial charge >= 0.3 is 0 Å². The summed E-state index contributed by atoms with van der Waals surface area (Å²) in [7, 11) is 0. The van der Waals surface area contributed by atoms with Gasteiger partial charge in [0.05, 0.1) is 12.1 Å². The van der Waals surface area contributed by atoms with Crippen molar-refractivity contribution >= 4 is 12.2 Å². The van der Waals surface area contributed by atoms with E-state index in [0.717, 1.165) is 6.42 Å². The average Bonchev–Trinajstić information content (AvgIpc) is 2.77. The summed E-state index contributed by atoms with van der Waals surface area (Å²) in [6.07, 6.45) is 2.07. The molecule has 0 aromatic heterocycles. The summed E-state index contributed by atoms with van der Waals surface area (Å²) in [5.74, 6) is 5.05. The minimum Gasteiger partial charge on any atom is -0.332 e. The van der Waals surface area contributed by atoms with Gasteiger partial charge < -0.3 is 4.90 Å². The van der Waals surface area contributed by atoms with Crippen LogP contribution in [0.25, 0.3) is 0 Å². The molecule has 1 aromatic rings.